The number of hydrogen-bond acceptors (Lipinski definition) is 6. The Morgan fingerprint density at radius 2 is 1.97 bits per heavy atom. The van der Waals surface area contributed by atoms with E-state index in [0.717, 1.165) is 25.0 Å². The summed E-state index contributed by atoms with van der Waals surface area (Å²) in [4.78, 5) is 18.0. The van der Waals surface area contributed by atoms with Gasteiger partial charge < -0.3 is 10.4 Å². The highest BCUT2D eigenvalue weighted by atomic mass is 32.2. The van der Waals surface area contributed by atoms with Crippen LogP contribution < -0.4 is 10.0 Å². The Hall–Kier alpha value is -1.88. The maximum atomic E-state index is 14.8. The summed E-state index contributed by atoms with van der Waals surface area (Å²) in [5, 5.41) is 12.9. The molecule has 0 spiro atoms. The van der Waals surface area contributed by atoms with Crippen LogP contribution in [0.3, 0.4) is 0 Å². The van der Waals surface area contributed by atoms with Gasteiger partial charge in [0.05, 0.1) is 21.1 Å². The highest BCUT2D eigenvalue weighted by molar-refractivity contribution is 7.89. The summed E-state index contributed by atoms with van der Waals surface area (Å²) in [7, 11) is -3.78. The first-order valence-electron chi connectivity index (χ1n) is 11.6. The van der Waals surface area contributed by atoms with Crippen molar-refractivity contribution in [2.75, 3.05) is 6.54 Å². The van der Waals surface area contributed by atoms with Gasteiger partial charge in [-0.2, -0.15) is 0 Å². The number of benzene rings is 1. The molecule has 3 N–H and O–H groups in total. The van der Waals surface area contributed by atoms with Crippen LogP contribution >= 0.6 is 11.3 Å². The zero-order valence-electron chi connectivity index (χ0n) is 20.3. The Morgan fingerprint density at radius 3 is 2.50 bits per heavy atom. The number of amides is 1. The van der Waals surface area contributed by atoms with Crippen molar-refractivity contribution >= 4 is 27.3 Å². The summed E-state index contributed by atoms with van der Waals surface area (Å²) >= 11 is 1.17. The van der Waals surface area contributed by atoms with Crippen LogP contribution in [-0.2, 0) is 16.4 Å². The number of thiazole rings is 1. The molecule has 1 heterocycles. The topological polar surface area (TPSA) is 108 Å². The van der Waals surface area contributed by atoms with Crippen LogP contribution in [0, 0.1) is 5.92 Å². The summed E-state index contributed by atoms with van der Waals surface area (Å²) in [6.45, 7) is 8.08. The fourth-order valence-electron chi connectivity index (χ4n) is 3.76. The smallest absolute Gasteiger partial charge is 0.280 e. The molecule has 1 saturated carbocycles. The normalized spacial score (nSPS) is 15.9. The summed E-state index contributed by atoms with van der Waals surface area (Å²) in [5.74, 6) is 0.0673. The van der Waals surface area contributed by atoms with Crippen molar-refractivity contribution in [2.24, 2.45) is 5.92 Å². The van der Waals surface area contributed by atoms with Gasteiger partial charge in [-0.15, -0.1) is 11.3 Å². The van der Waals surface area contributed by atoms with Crippen LogP contribution in [0.15, 0.2) is 23.1 Å². The van der Waals surface area contributed by atoms with Crippen LogP contribution in [0.4, 0.5) is 4.39 Å². The van der Waals surface area contributed by atoms with E-state index in [4.69, 9.17) is 0 Å². The molecule has 1 fully saturated rings. The Morgan fingerprint density at radius 1 is 1.29 bits per heavy atom. The number of rotatable bonds is 10. The van der Waals surface area contributed by atoms with Gasteiger partial charge >= 0.3 is 0 Å². The zero-order chi connectivity index (χ0) is 25.3. The van der Waals surface area contributed by atoms with Gasteiger partial charge in [-0.25, -0.2) is 22.5 Å². The van der Waals surface area contributed by atoms with Crippen LogP contribution in [0.2, 0.25) is 0 Å². The Kier molecular flexibility index (Phi) is 8.17. The monoisotopic (exact) mass is 511 g/mol. The van der Waals surface area contributed by atoms with Crippen molar-refractivity contribution < 1.29 is 22.7 Å². The number of aromatic nitrogens is 1. The second kappa shape index (κ2) is 10.4. The lowest BCUT2D eigenvalue weighted by Gasteiger charge is -2.25. The molecule has 1 unspecified atom stereocenters. The Labute approximate surface area is 205 Å². The lowest BCUT2D eigenvalue weighted by Crippen LogP contribution is -2.38. The third-order valence-corrected chi connectivity index (χ3v) is 8.46. The summed E-state index contributed by atoms with van der Waals surface area (Å²) in [6.07, 6.45) is 2.59. The average Bonchev–Trinajstić information content (AvgIpc) is 3.10. The van der Waals surface area contributed by atoms with E-state index >= 15 is 0 Å². The van der Waals surface area contributed by atoms with Gasteiger partial charge in [0.25, 0.3) is 5.91 Å². The van der Waals surface area contributed by atoms with Crippen molar-refractivity contribution in [1.29, 1.82) is 0 Å². The van der Waals surface area contributed by atoms with Gasteiger partial charge in [0.1, 0.15) is 6.17 Å². The number of alkyl halides is 1. The second-order valence-corrected chi connectivity index (χ2v) is 12.6. The standard InChI is InChI=1S/C24H34FN3O4S2/c1-14(2)28-34(31,32)17-9-10-18(19(12-17)15(3)25)21-20(11-16-7-6-8-16)27-23(33-21)22(29)26-13-24(4,5)30/h9-10,12,14-16,28,30H,6-8,11,13H2,1-5H3,(H,26,29). The number of hydrogen-bond donors (Lipinski definition) is 3. The Balaban J connectivity index is 2.04. The van der Waals surface area contributed by atoms with Gasteiger partial charge in [0.2, 0.25) is 10.0 Å². The molecule has 188 valence electrons. The molecule has 34 heavy (non-hydrogen) atoms. The third kappa shape index (κ3) is 6.62. The van der Waals surface area contributed by atoms with Crippen molar-refractivity contribution in [3.8, 4) is 10.4 Å². The van der Waals surface area contributed by atoms with Gasteiger partial charge in [-0.3, -0.25) is 4.79 Å². The van der Waals surface area contributed by atoms with E-state index in [-0.39, 0.29) is 28.1 Å². The van der Waals surface area contributed by atoms with E-state index in [1.165, 1.54) is 30.4 Å². The van der Waals surface area contributed by atoms with Crippen LogP contribution in [0.25, 0.3) is 10.4 Å². The van der Waals surface area contributed by atoms with E-state index in [1.807, 2.05) is 0 Å². The third-order valence-electron chi connectivity index (χ3n) is 5.68. The quantitative estimate of drug-likeness (QED) is 0.439. The van der Waals surface area contributed by atoms with Crippen molar-refractivity contribution in [3.63, 3.8) is 0 Å². The highest BCUT2D eigenvalue weighted by Crippen LogP contribution is 2.40. The number of halogens is 1. The lowest BCUT2D eigenvalue weighted by atomic mass is 9.81. The van der Waals surface area contributed by atoms with Gasteiger partial charge in [-0.1, -0.05) is 25.3 Å². The molecule has 0 bridgehead atoms. The maximum Gasteiger partial charge on any atom is 0.280 e. The first-order valence-corrected chi connectivity index (χ1v) is 13.9. The number of nitrogens with zero attached hydrogens (tertiary/aromatic N) is 1. The van der Waals surface area contributed by atoms with E-state index in [0.29, 0.717) is 22.8 Å². The van der Waals surface area contributed by atoms with Gasteiger partial charge in [0, 0.05) is 12.6 Å². The van der Waals surface area contributed by atoms with E-state index < -0.39 is 27.7 Å². The molecule has 1 amide bonds. The molecule has 3 rings (SSSR count). The molecule has 10 heteroatoms. The summed E-state index contributed by atoms with van der Waals surface area (Å²) in [6, 6.07) is 4.14. The minimum Gasteiger partial charge on any atom is -0.389 e. The molecule has 0 saturated heterocycles. The zero-order valence-corrected chi connectivity index (χ0v) is 21.9. The molecule has 7 nitrogen and oxygen atoms in total. The van der Waals surface area contributed by atoms with E-state index in [2.05, 4.69) is 15.0 Å². The average molecular weight is 512 g/mol. The minimum atomic E-state index is -3.78. The molecule has 0 radical (unpaired) electrons. The summed E-state index contributed by atoms with van der Waals surface area (Å²) in [5.41, 5.74) is 0.452. The van der Waals surface area contributed by atoms with Gasteiger partial charge in [-0.05, 0) is 70.2 Å². The maximum absolute atomic E-state index is 14.8. The van der Waals surface area contributed by atoms with E-state index in [1.54, 1.807) is 33.8 Å². The number of sulfonamides is 1. The van der Waals surface area contributed by atoms with E-state index in [9.17, 15) is 22.7 Å². The van der Waals surface area contributed by atoms with Crippen molar-refractivity contribution in [2.45, 2.75) is 83.0 Å². The molecule has 1 atom stereocenters. The predicted molar refractivity (Wildman–Crippen MR) is 132 cm³/mol. The fourth-order valence-corrected chi connectivity index (χ4v) is 6.11. The molecular formula is C24H34FN3O4S2. The number of carbonyl (C=O) groups excluding carboxylic acids is 1. The Bertz CT molecular complexity index is 1130. The largest absolute Gasteiger partial charge is 0.389 e. The predicted octanol–water partition coefficient (Wildman–Crippen LogP) is 4.37. The summed E-state index contributed by atoms with van der Waals surface area (Å²) < 4.78 is 42.6. The molecule has 1 aliphatic carbocycles. The van der Waals surface area contributed by atoms with Gasteiger partial charge in [0.15, 0.2) is 5.01 Å². The molecule has 0 aliphatic heterocycles. The lowest BCUT2D eigenvalue weighted by molar-refractivity contribution is 0.0694. The highest BCUT2D eigenvalue weighted by Gasteiger charge is 2.27. The van der Waals surface area contributed by atoms with Crippen LogP contribution in [-0.4, -0.2) is 42.6 Å². The fraction of sp³-hybridized carbons (Fsp3) is 0.583. The first kappa shape index (κ1) is 26.7. The molecule has 1 aromatic carbocycles. The van der Waals surface area contributed by atoms with Crippen LogP contribution in [0.5, 0.6) is 0 Å². The van der Waals surface area contributed by atoms with Crippen LogP contribution in [0.1, 0.15) is 81.1 Å². The molecule has 1 aliphatic rings. The number of aliphatic hydroxyl groups is 1. The van der Waals surface area contributed by atoms with Crippen molar-refractivity contribution in [1.82, 2.24) is 15.0 Å². The number of carbonyl (C=O) groups is 1. The SMILES string of the molecule is CC(C)NS(=O)(=O)c1ccc(-c2sc(C(=O)NCC(C)(C)O)nc2CC2CCC2)c(C(C)F)c1. The molecular weight excluding hydrogens is 477 g/mol. The van der Waals surface area contributed by atoms with Crippen molar-refractivity contribution in [3.05, 3.63) is 34.5 Å². The minimum absolute atomic E-state index is 0.00217. The molecule has 1 aromatic heterocycles. The number of nitrogens with one attached hydrogen (secondary N) is 2. The second-order valence-electron chi connectivity index (χ2n) is 9.93. The first-order chi connectivity index (χ1) is 15.8. The molecule has 2 aromatic rings.